The summed E-state index contributed by atoms with van der Waals surface area (Å²) >= 11 is 0. The number of nitrogens with one attached hydrogen (secondary N) is 1. The number of amides is 2. The first-order valence-corrected chi connectivity index (χ1v) is 12.5. The molecule has 2 heterocycles. The van der Waals surface area contributed by atoms with Crippen molar-refractivity contribution in [2.24, 2.45) is 5.73 Å². The van der Waals surface area contributed by atoms with E-state index in [0.717, 1.165) is 37.4 Å². The van der Waals surface area contributed by atoms with Crippen LogP contribution in [-0.2, 0) is 22.7 Å². The minimum absolute atomic E-state index is 0.178. The number of primary amides is 1. The normalized spacial score (nSPS) is 14.2. The van der Waals surface area contributed by atoms with Gasteiger partial charge in [-0.1, -0.05) is 24.3 Å². The van der Waals surface area contributed by atoms with Crippen molar-refractivity contribution in [3.8, 4) is 0 Å². The summed E-state index contributed by atoms with van der Waals surface area (Å²) in [6.07, 6.45) is 0.726. The molecule has 9 nitrogen and oxygen atoms in total. The number of fused-ring (bicyclic) bond motifs is 1. The number of hydrogen-bond donors (Lipinski definition) is 2. The molecule has 1 fully saturated rings. The van der Waals surface area contributed by atoms with Crippen LogP contribution >= 0.6 is 0 Å². The van der Waals surface area contributed by atoms with Gasteiger partial charge >= 0.3 is 0 Å². The first-order valence-electron chi connectivity index (χ1n) is 12.5. The van der Waals surface area contributed by atoms with Gasteiger partial charge in [0.15, 0.2) is 0 Å². The molecule has 196 valence electrons. The summed E-state index contributed by atoms with van der Waals surface area (Å²) in [4.78, 5) is 41.4. The Bertz CT molecular complexity index is 1360. The lowest BCUT2D eigenvalue weighted by Gasteiger charge is -2.37. The Morgan fingerprint density at radius 1 is 1.08 bits per heavy atom. The largest absolute Gasteiger partial charge is 0.369 e. The van der Waals surface area contributed by atoms with Gasteiger partial charge in [-0.2, -0.15) is 5.10 Å². The van der Waals surface area contributed by atoms with Crippen molar-refractivity contribution in [1.29, 1.82) is 0 Å². The highest BCUT2D eigenvalue weighted by atomic mass is 19.1. The molecule has 3 N–H and O–H groups in total. The molecule has 0 bridgehead atoms. The molecular formula is C27H33FN6O3. The van der Waals surface area contributed by atoms with E-state index in [1.165, 1.54) is 35.0 Å². The van der Waals surface area contributed by atoms with Gasteiger partial charge in [0.1, 0.15) is 12.5 Å². The van der Waals surface area contributed by atoms with Gasteiger partial charge in [-0.25, -0.2) is 9.07 Å². The van der Waals surface area contributed by atoms with Crippen LogP contribution in [0.5, 0.6) is 0 Å². The Kier molecular flexibility index (Phi) is 8.17. The Morgan fingerprint density at radius 3 is 2.54 bits per heavy atom. The molecule has 37 heavy (non-hydrogen) atoms. The third-order valence-electron chi connectivity index (χ3n) is 6.95. The monoisotopic (exact) mass is 508 g/mol. The van der Waals surface area contributed by atoms with E-state index in [1.807, 2.05) is 0 Å². The number of aryl methyl sites for hydroxylation is 1. The number of anilines is 1. The Morgan fingerprint density at radius 2 is 1.81 bits per heavy atom. The highest BCUT2D eigenvalue weighted by Gasteiger charge is 2.19. The average Bonchev–Trinajstić information content (AvgIpc) is 2.87. The number of hydrogen-bond acceptors (Lipinski definition) is 6. The summed E-state index contributed by atoms with van der Waals surface area (Å²) in [5, 5.41) is 6.90. The standard InChI is InChI=1S/C27H33FN6O3/c1-18-6-3-9-23(19(18)2)33-14-12-32(13-15-33)11-5-10-25(36)30-17-34-27(37)26-20(7-4-8-21(26)28)22(31-34)16-24(29)35/h3-4,6-9H,5,10-17H2,1-2H3,(H2,29,35)(H,30,36). The van der Waals surface area contributed by atoms with Crippen LogP contribution in [0.3, 0.4) is 0 Å². The summed E-state index contributed by atoms with van der Waals surface area (Å²) in [6, 6.07) is 10.5. The van der Waals surface area contributed by atoms with E-state index < -0.39 is 17.3 Å². The number of benzene rings is 2. The van der Waals surface area contributed by atoms with E-state index in [9.17, 15) is 18.8 Å². The van der Waals surface area contributed by atoms with Crippen LogP contribution in [0.1, 0.15) is 29.7 Å². The van der Waals surface area contributed by atoms with Crippen LogP contribution in [0.25, 0.3) is 10.8 Å². The van der Waals surface area contributed by atoms with E-state index in [2.05, 4.69) is 52.3 Å². The van der Waals surface area contributed by atoms with E-state index in [0.29, 0.717) is 12.8 Å². The number of carbonyl (C=O) groups excluding carboxylic acids is 2. The van der Waals surface area contributed by atoms with E-state index in [1.54, 1.807) is 0 Å². The number of nitrogens with zero attached hydrogens (tertiary/aromatic N) is 4. The molecular weight excluding hydrogens is 475 g/mol. The molecule has 0 atom stereocenters. The highest BCUT2D eigenvalue weighted by Crippen LogP contribution is 2.24. The van der Waals surface area contributed by atoms with Crippen LogP contribution < -0.4 is 21.5 Å². The minimum Gasteiger partial charge on any atom is -0.369 e. The molecule has 2 amide bonds. The molecule has 1 aliphatic heterocycles. The van der Waals surface area contributed by atoms with Gasteiger partial charge in [0, 0.05) is 43.7 Å². The summed E-state index contributed by atoms with van der Waals surface area (Å²) in [6.45, 7) is 8.61. The van der Waals surface area contributed by atoms with Gasteiger partial charge in [-0.15, -0.1) is 0 Å². The van der Waals surface area contributed by atoms with Crippen LogP contribution in [0, 0.1) is 19.7 Å². The smallest absolute Gasteiger partial charge is 0.279 e. The Labute approximate surface area is 215 Å². The molecule has 1 aromatic heterocycles. The van der Waals surface area contributed by atoms with E-state index in [-0.39, 0.29) is 35.5 Å². The molecule has 3 aromatic rings. The lowest BCUT2D eigenvalue weighted by atomic mass is 10.1. The van der Waals surface area contributed by atoms with Gasteiger partial charge in [0.2, 0.25) is 11.8 Å². The number of piperazine rings is 1. The SMILES string of the molecule is Cc1cccc(N2CCN(CCCC(=O)NCn3nc(CC(N)=O)c4cccc(F)c4c3=O)CC2)c1C. The van der Waals surface area contributed by atoms with Gasteiger partial charge in [-0.05, 0) is 50.1 Å². The Balaban J connectivity index is 1.28. The molecule has 1 saturated heterocycles. The third-order valence-corrected chi connectivity index (χ3v) is 6.95. The molecule has 0 radical (unpaired) electrons. The van der Waals surface area contributed by atoms with Crippen molar-refractivity contribution in [3.05, 3.63) is 69.4 Å². The minimum atomic E-state index is -0.714. The second kappa shape index (κ2) is 11.5. The molecule has 0 spiro atoms. The van der Waals surface area contributed by atoms with Gasteiger partial charge in [0.25, 0.3) is 5.56 Å². The lowest BCUT2D eigenvalue weighted by Crippen LogP contribution is -2.47. The van der Waals surface area contributed by atoms with Crippen LogP contribution in [0.2, 0.25) is 0 Å². The molecule has 10 heteroatoms. The first kappa shape index (κ1) is 26.3. The van der Waals surface area contributed by atoms with Crippen molar-refractivity contribution >= 4 is 28.3 Å². The predicted molar refractivity (Wildman–Crippen MR) is 141 cm³/mol. The highest BCUT2D eigenvalue weighted by molar-refractivity contribution is 5.88. The number of halogens is 1. The fourth-order valence-electron chi connectivity index (χ4n) is 4.76. The van der Waals surface area contributed by atoms with Crippen LogP contribution in [-0.4, -0.2) is 59.2 Å². The van der Waals surface area contributed by atoms with E-state index >= 15 is 0 Å². The zero-order chi connectivity index (χ0) is 26.5. The number of aromatic nitrogens is 2. The quantitative estimate of drug-likeness (QED) is 0.456. The topological polar surface area (TPSA) is 114 Å². The molecule has 0 saturated carbocycles. The maximum Gasteiger partial charge on any atom is 0.279 e. The van der Waals surface area contributed by atoms with Crippen molar-refractivity contribution in [1.82, 2.24) is 20.0 Å². The van der Waals surface area contributed by atoms with Gasteiger partial charge < -0.3 is 16.0 Å². The first-order chi connectivity index (χ1) is 17.7. The number of carbonyl (C=O) groups is 2. The maximum absolute atomic E-state index is 14.4. The zero-order valence-electron chi connectivity index (χ0n) is 21.3. The van der Waals surface area contributed by atoms with Crippen molar-refractivity contribution in [3.63, 3.8) is 0 Å². The molecule has 2 aromatic carbocycles. The fraction of sp³-hybridized carbons (Fsp3) is 0.407. The van der Waals surface area contributed by atoms with Crippen molar-refractivity contribution in [2.75, 3.05) is 37.6 Å². The summed E-state index contributed by atoms with van der Waals surface area (Å²) in [5.41, 5.74) is 8.70. The fourth-order valence-corrected chi connectivity index (χ4v) is 4.76. The van der Waals surface area contributed by atoms with Gasteiger partial charge in [0.05, 0.1) is 17.5 Å². The Hall–Kier alpha value is -3.79. The molecule has 4 rings (SSSR count). The second-order valence-corrected chi connectivity index (χ2v) is 9.47. The summed E-state index contributed by atoms with van der Waals surface area (Å²) in [7, 11) is 0. The predicted octanol–water partition coefficient (Wildman–Crippen LogP) is 1.86. The zero-order valence-corrected chi connectivity index (χ0v) is 21.3. The van der Waals surface area contributed by atoms with Gasteiger partial charge in [-0.3, -0.25) is 19.3 Å². The number of nitrogens with two attached hydrogens (primary N) is 1. The van der Waals surface area contributed by atoms with Crippen LogP contribution in [0.4, 0.5) is 10.1 Å². The lowest BCUT2D eigenvalue weighted by molar-refractivity contribution is -0.122. The number of rotatable bonds is 9. The van der Waals surface area contributed by atoms with Crippen molar-refractivity contribution in [2.45, 2.75) is 39.8 Å². The summed E-state index contributed by atoms with van der Waals surface area (Å²) in [5.74, 6) is -1.59. The molecule has 0 aliphatic carbocycles. The van der Waals surface area contributed by atoms with E-state index in [4.69, 9.17) is 5.73 Å². The molecule has 1 aliphatic rings. The maximum atomic E-state index is 14.4. The average molecular weight is 509 g/mol. The molecule has 0 unspecified atom stereocenters. The second-order valence-electron chi connectivity index (χ2n) is 9.47. The summed E-state index contributed by atoms with van der Waals surface area (Å²) < 4.78 is 15.4. The third kappa shape index (κ3) is 6.14. The van der Waals surface area contributed by atoms with Crippen LogP contribution in [0.15, 0.2) is 41.2 Å². The van der Waals surface area contributed by atoms with Crippen molar-refractivity contribution < 1.29 is 14.0 Å².